The number of hydrogen-bond acceptors (Lipinski definition) is 6. The van der Waals surface area contributed by atoms with E-state index in [1.165, 1.54) is 18.7 Å². The molecule has 0 saturated carbocycles. The molecule has 3 rings (SSSR count). The molecular weight excluding hydrogens is 392 g/mol. The highest BCUT2D eigenvalue weighted by Crippen LogP contribution is 2.36. The Labute approximate surface area is 173 Å². The first-order valence-electron chi connectivity index (χ1n) is 9.26. The highest BCUT2D eigenvalue weighted by atomic mass is 32.2. The van der Waals surface area contributed by atoms with Crippen molar-refractivity contribution >= 4 is 40.9 Å². The van der Waals surface area contributed by atoms with Crippen molar-refractivity contribution in [2.75, 3.05) is 17.2 Å². The maximum atomic E-state index is 12.3. The van der Waals surface area contributed by atoms with Crippen LogP contribution in [-0.2, 0) is 19.1 Å². The molecule has 1 heterocycles. The zero-order valence-corrected chi connectivity index (χ0v) is 17.0. The summed E-state index contributed by atoms with van der Waals surface area (Å²) in [7, 11) is 0. The van der Waals surface area contributed by atoms with Crippen LogP contribution >= 0.6 is 11.8 Å². The number of rotatable bonds is 7. The van der Waals surface area contributed by atoms with Gasteiger partial charge in [0.15, 0.2) is 6.10 Å². The largest absolute Gasteiger partial charge is 0.494 e. The van der Waals surface area contributed by atoms with Gasteiger partial charge in [-0.3, -0.25) is 14.4 Å². The molecule has 0 fully saturated rings. The molecule has 2 aromatic rings. The standard InChI is InChI=1S/C21H22N2O5S/c1-3-27-15-10-8-14(9-11-15)22-20(25)13(2)28-19(24)12-18-21(26)23-16-6-4-5-7-17(16)29-18/h4-11,13,18H,3,12H2,1-2H3,(H,22,25)(H,23,26)/t13-,18+/m1/s1. The van der Waals surface area contributed by atoms with E-state index in [4.69, 9.17) is 9.47 Å². The Morgan fingerprint density at radius 1 is 1.17 bits per heavy atom. The Morgan fingerprint density at radius 3 is 2.62 bits per heavy atom. The lowest BCUT2D eigenvalue weighted by molar-refractivity contribution is -0.153. The SMILES string of the molecule is CCOc1ccc(NC(=O)[C@@H](C)OC(=O)C[C@@H]2Sc3ccccc3NC2=O)cc1. The summed E-state index contributed by atoms with van der Waals surface area (Å²) in [6.07, 6.45) is -1.11. The zero-order chi connectivity index (χ0) is 20.8. The first-order chi connectivity index (χ1) is 14.0. The van der Waals surface area contributed by atoms with E-state index in [2.05, 4.69) is 10.6 Å². The second-order valence-corrected chi connectivity index (χ2v) is 7.62. The average molecular weight is 414 g/mol. The van der Waals surface area contributed by atoms with Crippen LogP contribution in [0.5, 0.6) is 5.75 Å². The van der Waals surface area contributed by atoms with Gasteiger partial charge in [-0.05, 0) is 50.2 Å². The Balaban J connectivity index is 1.51. The van der Waals surface area contributed by atoms with Crippen LogP contribution < -0.4 is 15.4 Å². The van der Waals surface area contributed by atoms with Crippen LogP contribution in [0.3, 0.4) is 0 Å². The third-order valence-corrected chi connectivity index (χ3v) is 5.44. The summed E-state index contributed by atoms with van der Waals surface area (Å²) in [6.45, 7) is 3.94. The Kier molecular flexibility index (Phi) is 6.77. The molecule has 7 nitrogen and oxygen atoms in total. The fraction of sp³-hybridized carbons (Fsp3) is 0.286. The first kappa shape index (κ1) is 20.7. The minimum atomic E-state index is -0.988. The van der Waals surface area contributed by atoms with Crippen molar-refractivity contribution in [1.29, 1.82) is 0 Å². The summed E-state index contributed by atoms with van der Waals surface area (Å²) in [5.41, 5.74) is 1.30. The quantitative estimate of drug-likeness (QED) is 0.674. The lowest BCUT2D eigenvalue weighted by Crippen LogP contribution is -2.34. The van der Waals surface area contributed by atoms with Gasteiger partial charge in [0.2, 0.25) is 5.91 Å². The number of thioether (sulfide) groups is 1. The van der Waals surface area contributed by atoms with Crippen LogP contribution in [0.1, 0.15) is 20.3 Å². The number of esters is 1. The smallest absolute Gasteiger partial charge is 0.308 e. The van der Waals surface area contributed by atoms with Gasteiger partial charge in [-0.2, -0.15) is 0 Å². The van der Waals surface area contributed by atoms with Gasteiger partial charge in [0.25, 0.3) is 5.91 Å². The van der Waals surface area contributed by atoms with Crippen molar-refractivity contribution in [3.05, 3.63) is 48.5 Å². The highest BCUT2D eigenvalue weighted by Gasteiger charge is 2.30. The summed E-state index contributed by atoms with van der Waals surface area (Å²) in [6, 6.07) is 14.3. The van der Waals surface area contributed by atoms with E-state index in [1.54, 1.807) is 24.3 Å². The van der Waals surface area contributed by atoms with Crippen molar-refractivity contribution < 1.29 is 23.9 Å². The number of ether oxygens (including phenoxy) is 2. The fourth-order valence-electron chi connectivity index (χ4n) is 2.72. The van der Waals surface area contributed by atoms with E-state index in [0.29, 0.717) is 18.0 Å². The van der Waals surface area contributed by atoms with Gasteiger partial charge in [-0.25, -0.2) is 0 Å². The molecule has 2 N–H and O–H groups in total. The summed E-state index contributed by atoms with van der Waals surface area (Å²) in [5, 5.41) is 4.87. The monoisotopic (exact) mass is 414 g/mol. The second kappa shape index (κ2) is 9.47. The van der Waals surface area contributed by atoms with Gasteiger partial charge < -0.3 is 20.1 Å². The molecule has 0 aromatic heterocycles. The summed E-state index contributed by atoms with van der Waals surface area (Å²) in [5.74, 6) is -0.605. The van der Waals surface area contributed by atoms with Crippen LogP contribution in [0.25, 0.3) is 0 Å². The van der Waals surface area contributed by atoms with Crippen LogP contribution in [-0.4, -0.2) is 35.7 Å². The van der Waals surface area contributed by atoms with Crippen molar-refractivity contribution in [2.45, 2.75) is 36.5 Å². The maximum absolute atomic E-state index is 12.3. The molecule has 2 amide bonds. The third-order valence-electron chi connectivity index (χ3n) is 4.17. The summed E-state index contributed by atoms with van der Waals surface area (Å²) < 4.78 is 10.6. The van der Waals surface area contributed by atoms with Crippen molar-refractivity contribution in [1.82, 2.24) is 0 Å². The van der Waals surface area contributed by atoms with E-state index in [0.717, 1.165) is 10.6 Å². The molecular formula is C21H22N2O5S. The van der Waals surface area contributed by atoms with Crippen LogP contribution in [0.4, 0.5) is 11.4 Å². The number of para-hydroxylation sites is 1. The number of anilines is 2. The minimum absolute atomic E-state index is 0.120. The van der Waals surface area contributed by atoms with Gasteiger partial charge in [0.05, 0.1) is 24.0 Å². The van der Waals surface area contributed by atoms with Gasteiger partial charge in [0.1, 0.15) is 5.75 Å². The molecule has 8 heteroatoms. The van der Waals surface area contributed by atoms with Crippen LogP contribution in [0.2, 0.25) is 0 Å². The van der Waals surface area contributed by atoms with Crippen molar-refractivity contribution in [3.8, 4) is 5.75 Å². The predicted octanol–water partition coefficient (Wildman–Crippen LogP) is 3.46. The molecule has 29 heavy (non-hydrogen) atoms. The second-order valence-electron chi connectivity index (χ2n) is 6.37. The molecule has 0 spiro atoms. The summed E-state index contributed by atoms with van der Waals surface area (Å²) in [4.78, 5) is 37.6. The first-order valence-corrected chi connectivity index (χ1v) is 10.1. The number of carbonyl (C=O) groups is 3. The highest BCUT2D eigenvalue weighted by molar-refractivity contribution is 8.01. The number of carbonyl (C=O) groups excluding carboxylic acids is 3. The number of hydrogen-bond donors (Lipinski definition) is 2. The number of amides is 2. The van der Waals surface area contributed by atoms with Gasteiger partial charge in [-0.1, -0.05) is 12.1 Å². The van der Waals surface area contributed by atoms with Gasteiger partial charge in [-0.15, -0.1) is 11.8 Å². The van der Waals surface area contributed by atoms with E-state index in [-0.39, 0.29) is 12.3 Å². The van der Waals surface area contributed by atoms with Gasteiger partial charge in [0, 0.05) is 10.6 Å². The number of benzene rings is 2. The molecule has 0 radical (unpaired) electrons. The van der Waals surface area contributed by atoms with Crippen LogP contribution in [0, 0.1) is 0 Å². The predicted molar refractivity (Wildman–Crippen MR) is 111 cm³/mol. The lowest BCUT2D eigenvalue weighted by Gasteiger charge is -2.23. The molecule has 0 saturated heterocycles. The Hall–Kier alpha value is -3.00. The maximum Gasteiger partial charge on any atom is 0.308 e. The van der Waals surface area contributed by atoms with Crippen LogP contribution in [0.15, 0.2) is 53.4 Å². The van der Waals surface area contributed by atoms with E-state index in [1.807, 2.05) is 31.2 Å². The van der Waals surface area contributed by atoms with Crippen molar-refractivity contribution in [3.63, 3.8) is 0 Å². The third kappa shape index (κ3) is 5.51. The average Bonchev–Trinajstić information content (AvgIpc) is 2.70. The summed E-state index contributed by atoms with van der Waals surface area (Å²) >= 11 is 1.31. The Bertz CT molecular complexity index is 900. The van der Waals surface area contributed by atoms with Gasteiger partial charge >= 0.3 is 5.97 Å². The van der Waals surface area contributed by atoms with E-state index in [9.17, 15) is 14.4 Å². The van der Waals surface area contributed by atoms with E-state index >= 15 is 0 Å². The molecule has 2 aromatic carbocycles. The Morgan fingerprint density at radius 2 is 1.90 bits per heavy atom. The number of fused-ring (bicyclic) bond motifs is 1. The minimum Gasteiger partial charge on any atom is -0.494 e. The van der Waals surface area contributed by atoms with Crippen molar-refractivity contribution in [2.24, 2.45) is 0 Å². The molecule has 1 aliphatic rings. The molecule has 0 bridgehead atoms. The molecule has 0 aliphatic carbocycles. The molecule has 0 unspecified atom stereocenters. The molecule has 152 valence electrons. The molecule has 1 aliphatic heterocycles. The zero-order valence-electron chi connectivity index (χ0n) is 16.1. The molecule has 2 atom stereocenters. The fourth-order valence-corrected chi connectivity index (χ4v) is 3.82. The lowest BCUT2D eigenvalue weighted by atomic mass is 10.2. The van der Waals surface area contributed by atoms with E-state index < -0.39 is 23.2 Å². The number of nitrogens with one attached hydrogen (secondary N) is 2. The topological polar surface area (TPSA) is 93.7 Å². The normalized spacial score (nSPS) is 16.2.